The Morgan fingerprint density at radius 2 is 1.79 bits per heavy atom. The first-order valence-electron chi connectivity index (χ1n) is 8.98. The average Bonchev–Trinajstić information content (AvgIpc) is 3.00. The number of rotatable bonds is 5. The van der Waals surface area contributed by atoms with Gasteiger partial charge >= 0.3 is 0 Å². The van der Waals surface area contributed by atoms with Gasteiger partial charge in [0.05, 0.1) is 23.7 Å². The second-order valence-electron chi connectivity index (χ2n) is 6.57. The van der Waals surface area contributed by atoms with Crippen LogP contribution >= 0.6 is 15.9 Å². The monoisotopic (exact) mass is 435 g/mol. The van der Waals surface area contributed by atoms with Crippen LogP contribution < -0.4 is 10.2 Å². The van der Waals surface area contributed by atoms with Crippen molar-refractivity contribution in [3.63, 3.8) is 0 Å². The molecule has 1 aromatic heterocycles. The highest BCUT2D eigenvalue weighted by atomic mass is 79.9. The van der Waals surface area contributed by atoms with Crippen molar-refractivity contribution in [2.75, 3.05) is 4.90 Å². The second kappa shape index (κ2) is 7.94. The van der Waals surface area contributed by atoms with Gasteiger partial charge in [0.25, 0.3) is 5.91 Å². The van der Waals surface area contributed by atoms with Crippen molar-refractivity contribution in [3.05, 3.63) is 94.2 Å². The fourth-order valence-corrected chi connectivity index (χ4v) is 3.65. The first kappa shape index (κ1) is 18.4. The SMILES string of the molecule is O=C(CC1c2ncccc2C(=O)N1c1ccccc1)NCc1ccc(Br)cc1. The van der Waals surface area contributed by atoms with Gasteiger partial charge in [-0.1, -0.05) is 46.3 Å². The van der Waals surface area contributed by atoms with Gasteiger partial charge in [0.15, 0.2) is 0 Å². The Morgan fingerprint density at radius 3 is 2.54 bits per heavy atom. The molecular formula is C22H18BrN3O2. The Labute approximate surface area is 171 Å². The number of nitrogens with one attached hydrogen (secondary N) is 1. The third kappa shape index (κ3) is 3.68. The fraction of sp³-hybridized carbons (Fsp3) is 0.136. The Bertz CT molecular complexity index is 1010. The van der Waals surface area contributed by atoms with Crippen molar-refractivity contribution in [1.29, 1.82) is 0 Å². The zero-order valence-electron chi connectivity index (χ0n) is 15.0. The number of halogens is 1. The third-order valence-electron chi connectivity index (χ3n) is 4.73. The summed E-state index contributed by atoms with van der Waals surface area (Å²) < 4.78 is 0.994. The predicted molar refractivity (Wildman–Crippen MR) is 111 cm³/mol. The van der Waals surface area contributed by atoms with Gasteiger partial charge in [-0.2, -0.15) is 0 Å². The van der Waals surface area contributed by atoms with Crippen molar-refractivity contribution in [1.82, 2.24) is 10.3 Å². The van der Waals surface area contributed by atoms with E-state index in [2.05, 4.69) is 26.2 Å². The van der Waals surface area contributed by atoms with Crippen LogP contribution in [0.2, 0.25) is 0 Å². The Kier molecular flexibility index (Phi) is 5.21. The summed E-state index contributed by atoms with van der Waals surface area (Å²) in [5.41, 5.74) is 2.97. The highest BCUT2D eigenvalue weighted by molar-refractivity contribution is 9.10. The molecule has 1 atom stereocenters. The van der Waals surface area contributed by atoms with Gasteiger partial charge in [-0.15, -0.1) is 0 Å². The molecule has 0 saturated heterocycles. The van der Waals surface area contributed by atoms with Gasteiger partial charge in [-0.05, 0) is 42.0 Å². The van der Waals surface area contributed by atoms with E-state index in [4.69, 9.17) is 0 Å². The van der Waals surface area contributed by atoms with Crippen LogP contribution in [0.3, 0.4) is 0 Å². The van der Waals surface area contributed by atoms with E-state index < -0.39 is 6.04 Å². The normalized spacial score (nSPS) is 15.4. The molecule has 140 valence electrons. The Morgan fingerprint density at radius 1 is 1.04 bits per heavy atom. The summed E-state index contributed by atoms with van der Waals surface area (Å²) >= 11 is 3.40. The Hall–Kier alpha value is -2.99. The third-order valence-corrected chi connectivity index (χ3v) is 5.26. The van der Waals surface area contributed by atoms with Gasteiger partial charge in [0, 0.05) is 22.9 Å². The van der Waals surface area contributed by atoms with Gasteiger partial charge in [-0.25, -0.2) is 0 Å². The molecule has 5 nitrogen and oxygen atoms in total. The van der Waals surface area contributed by atoms with E-state index in [0.29, 0.717) is 17.8 Å². The number of carbonyl (C=O) groups is 2. The predicted octanol–water partition coefficient (Wildman–Crippen LogP) is 4.25. The highest BCUT2D eigenvalue weighted by Crippen LogP contribution is 2.38. The highest BCUT2D eigenvalue weighted by Gasteiger charge is 2.39. The van der Waals surface area contributed by atoms with Crippen molar-refractivity contribution in [2.24, 2.45) is 0 Å². The number of pyridine rings is 1. The van der Waals surface area contributed by atoms with Crippen LogP contribution in [0.25, 0.3) is 0 Å². The zero-order valence-corrected chi connectivity index (χ0v) is 16.6. The van der Waals surface area contributed by atoms with Crippen molar-refractivity contribution >= 4 is 33.4 Å². The van der Waals surface area contributed by atoms with Crippen LogP contribution in [-0.4, -0.2) is 16.8 Å². The first-order chi connectivity index (χ1) is 13.6. The van der Waals surface area contributed by atoms with Crippen LogP contribution in [0.15, 0.2) is 77.4 Å². The first-order valence-corrected chi connectivity index (χ1v) is 9.77. The second-order valence-corrected chi connectivity index (χ2v) is 7.49. The molecule has 0 aliphatic carbocycles. The molecule has 1 N–H and O–H groups in total. The van der Waals surface area contributed by atoms with Crippen molar-refractivity contribution in [2.45, 2.75) is 19.0 Å². The number of amides is 2. The molecule has 1 aliphatic rings. The zero-order chi connectivity index (χ0) is 19.5. The molecule has 0 radical (unpaired) electrons. The van der Waals surface area contributed by atoms with E-state index in [9.17, 15) is 9.59 Å². The average molecular weight is 436 g/mol. The summed E-state index contributed by atoms with van der Waals surface area (Å²) in [5, 5.41) is 2.94. The number of aromatic nitrogens is 1. The molecule has 28 heavy (non-hydrogen) atoms. The van der Waals surface area contributed by atoms with Gasteiger partial charge < -0.3 is 5.32 Å². The lowest BCUT2D eigenvalue weighted by Gasteiger charge is -2.24. The molecule has 3 aromatic rings. The number of anilines is 1. The van der Waals surface area contributed by atoms with Crippen molar-refractivity contribution in [3.8, 4) is 0 Å². The van der Waals surface area contributed by atoms with Gasteiger partial charge in [0.1, 0.15) is 0 Å². The molecule has 0 fully saturated rings. The minimum absolute atomic E-state index is 0.125. The van der Waals surface area contributed by atoms with E-state index in [1.54, 1.807) is 23.2 Å². The maximum Gasteiger partial charge on any atom is 0.260 e. The summed E-state index contributed by atoms with van der Waals surface area (Å²) in [4.78, 5) is 31.7. The van der Waals surface area contributed by atoms with E-state index in [-0.39, 0.29) is 18.2 Å². The molecule has 6 heteroatoms. The van der Waals surface area contributed by atoms with E-state index in [1.807, 2.05) is 54.6 Å². The minimum atomic E-state index is -0.420. The van der Waals surface area contributed by atoms with Crippen LogP contribution in [0, 0.1) is 0 Å². The molecule has 1 aliphatic heterocycles. The quantitative estimate of drug-likeness (QED) is 0.651. The lowest BCUT2D eigenvalue weighted by Crippen LogP contribution is -2.32. The molecule has 0 saturated carbocycles. The van der Waals surface area contributed by atoms with Crippen LogP contribution in [-0.2, 0) is 11.3 Å². The van der Waals surface area contributed by atoms with Gasteiger partial charge in [-0.3, -0.25) is 19.5 Å². The summed E-state index contributed by atoms with van der Waals surface area (Å²) in [6.45, 7) is 0.438. The maximum atomic E-state index is 13.0. The molecule has 2 amide bonds. The number of hydrogen-bond donors (Lipinski definition) is 1. The standard InChI is InChI=1S/C22H18BrN3O2/c23-16-10-8-15(9-11-16)14-25-20(27)13-19-21-18(7-4-12-24-21)22(28)26(19)17-5-2-1-3-6-17/h1-12,19H,13-14H2,(H,25,27). The number of carbonyl (C=O) groups excluding carboxylic acids is 2. The van der Waals surface area contributed by atoms with E-state index in [0.717, 1.165) is 15.7 Å². The van der Waals surface area contributed by atoms with E-state index in [1.165, 1.54) is 0 Å². The molecule has 2 aromatic carbocycles. The Balaban J connectivity index is 1.54. The number of benzene rings is 2. The molecule has 0 bridgehead atoms. The number of hydrogen-bond acceptors (Lipinski definition) is 3. The summed E-state index contributed by atoms with van der Waals surface area (Å²) in [5.74, 6) is -0.250. The van der Waals surface area contributed by atoms with Crippen LogP contribution in [0.1, 0.15) is 34.1 Å². The minimum Gasteiger partial charge on any atom is -0.352 e. The molecular weight excluding hydrogens is 418 g/mol. The maximum absolute atomic E-state index is 13.0. The smallest absolute Gasteiger partial charge is 0.260 e. The largest absolute Gasteiger partial charge is 0.352 e. The number of fused-ring (bicyclic) bond motifs is 1. The molecule has 1 unspecified atom stereocenters. The fourth-order valence-electron chi connectivity index (χ4n) is 3.38. The van der Waals surface area contributed by atoms with Crippen LogP contribution in [0.4, 0.5) is 5.69 Å². The molecule has 4 rings (SSSR count). The summed E-state index contributed by atoms with van der Waals surface area (Å²) in [7, 11) is 0. The lowest BCUT2D eigenvalue weighted by molar-refractivity contribution is -0.121. The van der Waals surface area contributed by atoms with Gasteiger partial charge in [0.2, 0.25) is 5.91 Å². The molecule has 0 spiro atoms. The number of para-hydroxylation sites is 1. The van der Waals surface area contributed by atoms with E-state index >= 15 is 0 Å². The van der Waals surface area contributed by atoms with Crippen molar-refractivity contribution < 1.29 is 9.59 Å². The summed E-state index contributed by atoms with van der Waals surface area (Å²) in [6.07, 6.45) is 1.81. The topological polar surface area (TPSA) is 62.3 Å². The molecule has 2 heterocycles. The number of nitrogens with zero attached hydrogens (tertiary/aromatic N) is 2. The summed E-state index contributed by atoms with van der Waals surface area (Å²) in [6, 6.07) is 20.3. The van der Waals surface area contributed by atoms with Crippen LogP contribution in [0.5, 0.6) is 0 Å². The lowest BCUT2D eigenvalue weighted by atomic mass is 10.1.